The molecule has 7 heteroatoms. The number of fused-ring (bicyclic) bond motifs is 1. The molecule has 0 aliphatic rings. The number of benzene rings is 1. The van der Waals surface area contributed by atoms with Gasteiger partial charge in [-0.25, -0.2) is 4.79 Å². The lowest BCUT2D eigenvalue weighted by Gasteiger charge is -2.04. The highest BCUT2D eigenvalue weighted by molar-refractivity contribution is 7.98. The Hall–Kier alpha value is -2.28. The van der Waals surface area contributed by atoms with Crippen molar-refractivity contribution in [1.82, 2.24) is 14.8 Å². The third-order valence-corrected chi connectivity index (χ3v) is 4.43. The minimum absolute atomic E-state index is 0.267. The summed E-state index contributed by atoms with van der Waals surface area (Å²) >= 11 is 1.52. The molecule has 0 radical (unpaired) electrons. The van der Waals surface area contributed by atoms with Crippen LogP contribution in [0.4, 0.5) is 0 Å². The minimum Gasteiger partial charge on any atom is -0.460 e. The lowest BCUT2D eigenvalue weighted by atomic mass is 10.1. The van der Waals surface area contributed by atoms with Crippen molar-refractivity contribution in [2.75, 3.05) is 6.61 Å². The Bertz CT molecular complexity index is 825. The van der Waals surface area contributed by atoms with Crippen molar-refractivity contribution in [2.24, 2.45) is 0 Å². The number of aryl methyl sites for hydroxylation is 1. The number of esters is 1. The fraction of sp³-hybridized carbons (Fsp3) is 0.312. The van der Waals surface area contributed by atoms with Crippen molar-refractivity contribution in [3.63, 3.8) is 0 Å². The summed E-state index contributed by atoms with van der Waals surface area (Å²) in [7, 11) is 0. The quantitative estimate of drug-likeness (QED) is 0.508. The van der Waals surface area contributed by atoms with Gasteiger partial charge in [-0.15, -0.1) is 10.2 Å². The van der Waals surface area contributed by atoms with Crippen molar-refractivity contribution >= 4 is 28.7 Å². The Morgan fingerprint density at radius 3 is 2.96 bits per heavy atom. The van der Waals surface area contributed by atoms with Crippen LogP contribution in [0, 0.1) is 0 Å². The highest BCUT2D eigenvalue weighted by atomic mass is 32.2. The molecule has 0 saturated carbocycles. The Kier molecular flexibility index (Phi) is 4.66. The maximum atomic E-state index is 12.2. The molecule has 0 amide bonds. The first kappa shape index (κ1) is 15.6. The van der Waals surface area contributed by atoms with Crippen molar-refractivity contribution in [2.45, 2.75) is 31.3 Å². The van der Waals surface area contributed by atoms with Crippen LogP contribution in [0.1, 0.15) is 30.0 Å². The monoisotopic (exact) mass is 331 g/mol. The predicted molar refractivity (Wildman–Crippen MR) is 87.4 cm³/mol. The average Bonchev–Trinajstić information content (AvgIpc) is 3.17. The van der Waals surface area contributed by atoms with Gasteiger partial charge in [-0.2, -0.15) is 0 Å². The summed E-state index contributed by atoms with van der Waals surface area (Å²) in [4.78, 5) is 12.2. The highest BCUT2D eigenvalue weighted by Crippen LogP contribution is 2.31. The molecule has 2 aromatic heterocycles. The topological polar surface area (TPSA) is 70.2 Å². The number of hydrogen-bond donors (Lipinski definition) is 0. The fourth-order valence-corrected chi connectivity index (χ4v) is 3.32. The molecule has 0 saturated heterocycles. The van der Waals surface area contributed by atoms with Gasteiger partial charge < -0.3 is 13.7 Å². The Balaban J connectivity index is 1.94. The van der Waals surface area contributed by atoms with Gasteiger partial charge in [0.2, 0.25) is 5.76 Å². The second-order valence-corrected chi connectivity index (χ2v) is 5.76. The van der Waals surface area contributed by atoms with E-state index in [1.54, 1.807) is 13.3 Å². The van der Waals surface area contributed by atoms with Crippen LogP contribution >= 0.6 is 11.8 Å². The first-order valence-corrected chi connectivity index (χ1v) is 8.41. The van der Waals surface area contributed by atoms with Gasteiger partial charge in [-0.3, -0.25) is 0 Å². The van der Waals surface area contributed by atoms with E-state index in [0.717, 1.165) is 22.7 Å². The van der Waals surface area contributed by atoms with E-state index in [1.165, 1.54) is 11.8 Å². The molecule has 0 aliphatic heterocycles. The number of nitrogens with zero attached hydrogens (tertiary/aromatic N) is 3. The van der Waals surface area contributed by atoms with E-state index in [9.17, 15) is 4.79 Å². The van der Waals surface area contributed by atoms with Gasteiger partial charge in [0.1, 0.15) is 11.9 Å². The zero-order valence-corrected chi connectivity index (χ0v) is 13.8. The van der Waals surface area contributed by atoms with E-state index in [-0.39, 0.29) is 5.76 Å². The molecular formula is C16H17N3O3S. The second-order valence-electron chi connectivity index (χ2n) is 4.81. The maximum Gasteiger partial charge on any atom is 0.374 e. The molecule has 0 aliphatic carbocycles. The first-order chi connectivity index (χ1) is 11.2. The number of aromatic nitrogens is 3. The number of thioether (sulfide) groups is 1. The van der Waals surface area contributed by atoms with Crippen LogP contribution in [0.3, 0.4) is 0 Å². The molecule has 6 nitrogen and oxygen atoms in total. The van der Waals surface area contributed by atoms with Gasteiger partial charge in [0.05, 0.1) is 6.61 Å². The molecule has 0 N–H and O–H groups in total. The second kappa shape index (κ2) is 6.87. The molecule has 3 rings (SSSR count). The van der Waals surface area contributed by atoms with Crippen LogP contribution in [-0.4, -0.2) is 27.3 Å². The van der Waals surface area contributed by atoms with Crippen LogP contribution in [0.2, 0.25) is 0 Å². The summed E-state index contributed by atoms with van der Waals surface area (Å²) in [6, 6.07) is 7.60. The van der Waals surface area contributed by atoms with Gasteiger partial charge in [-0.1, -0.05) is 30.0 Å². The van der Waals surface area contributed by atoms with E-state index in [4.69, 9.17) is 9.15 Å². The first-order valence-electron chi connectivity index (χ1n) is 7.42. The van der Waals surface area contributed by atoms with Crippen LogP contribution in [0.25, 0.3) is 11.0 Å². The summed E-state index contributed by atoms with van der Waals surface area (Å²) in [5, 5.41) is 9.76. The largest absolute Gasteiger partial charge is 0.460 e. The van der Waals surface area contributed by atoms with Crippen LogP contribution < -0.4 is 0 Å². The predicted octanol–water partition coefficient (Wildman–Crippen LogP) is 3.51. The molecule has 0 atom stereocenters. The number of ether oxygens (including phenoxy) is 1. The summed E-state index contributed by atoms with van der Waals surface area (Å²) in [6.45, 7) is 4.92. The molecule has 120 valence electrons. The third kappa shape index (κ3) is 3.10. The summed E-state index contributed by atoms with van der Waals surface area (Å²) in [5.41, 5.74) is 1.51. The lowest BCUT2D eigenvalue weighted by molar-refractivity contribution is 0.0491. The Labute approximate surface area is 137 Å². The van der Waals surface area contributed by atoms with Crippen LogP contribution in [0.5, 0.6) is 0 Å². The smallest absolute Gasteiger partial charge is 0.374 e. The molecule has 2 heterocycles. The molecule has 0 bridgehead atoms. The van der Waals surface area contributed by atoms with Crippen LogP contribution in [0.15, 0.2) is 40.2 Å². The van der Waals surface area contributed by atoms with E-state index in [2.05, 4.69) is 10.2 Å². The standard InChI is InChI=1S/C16H17N3O3S/c1-3-19-10-17-18-16(19)23-9-12-11-7-5-6-8-13(11)22-14(12)15(20)21-4-2/h5-8,10H,3-4,9H2,1-2H3. The van der Waals surface area contributed by atoms with E-state index < -0.39 is 5.97 Å². The van der Waals surface area contributed by atoms with Crippen LogP contribution in [-0.2, 0) is 17.0 Å². The summed E-state index contributed by atoms with van der Waals surface area (Å²) in [6.07, 6.45) is 1.70. The lowest BCUT2D eigenvalue weighted by Crippen LogP contribution is -2.06. The number of furan rings is 1. The van der Waals surface area contributed by atoms with Gasteiger partial charge in [0.25, 0.3) is 0 Å². The summed E-state index contributed by atoms with van der Waals surface area (Å²) in [5.74, 6) is 0.392. The van der Waals surface area contributed by atoms with Gasteiger partial charge in [0, 0.05) is 23.2 Å². The van der Waals surface area contributed by atoms with E-state index in [1.807, 2.05) is 35.8 Å². The molecule has 0 fully saturated rings. The zero-order chi connectivity index (χ0) is 16.2. The van der Waals surface area contributed by atoms with E-state index >= 15 is 0 Å². The van der Waals surface area contributed by atoms with Crippen molar-refractivity contribution in [3.05, 3.63) is 41.9 Å². The zero-order valence-electron chi connectivity index (χ0n) is 13.0. The number of rotatable bonds is 6. The van der Waals surface area contributed by atoms with E-state index in [0.29, 0.717) is 17.9 Å². The highest BCUT2D eigenvalue weighted by Gasteiger charge is 2.22. The number of para-hydroxylation sites is 1. The van der Waals surface area contributed by atoms with Gasteiger partial charge in [0.15, 0.2) is 5.16 Å². The fourth-order valence-electron chi connectivity index (χ4n) is 2.31. The molecular weight excluding hydrogens is 314 g/mol. The molecule has 3 aromatic rings. The minimum atomic E-state index is -0.434. The number of carbonyl (C=O) groups excluding carboxylic acids is 1. The third-order valence-electron chi connectivity index (χ3n) is 3.43. The summed E-state index contributed by atoms with van der Waals surface area (Å²) < 4.78 is 12.8. The molecule has 23 heavy (non-hydrogen) atoms. The number of hydrogen-bond acceptors (Lipinski definition) is 6. The maximum absolute atomic E-state index is 12.2. The normalized spacial score (nSPS) is 11.0. The van der Waals surface area contributed by atoms with Crippen molar-refractivity contribution in [1.29, 1.82) is 0 Å². The SMILES string of the molecule is CCOC(=O)c1oc2ccccc2c1CSc1nncn1CC. The molecule has 1 aromatic carbocycles. The number of carbonyl (C=O) groups is 1. The van der Waals surface area contributed by atoms with Crippen molar-refractivity contribution in [3.8, 4) is 0 Å². The average molecular weight is 331 g/mol. The van der Waals surface area contributed by atoms with Crippen molar-refractivity contribution < 1.29 is 13.9 Å². The molecule has 0 spiro atoms. The van der Waals surface area contributed by atoms with Gasteiger partial charge in [-0.05, 0) is 19.9 Å². The Morgan fingerprint density at radius 1 is 1.35 bits per heavy atom. The van der Waals surface area contributed by atoms with Gasteiger partial charge >= 0.3 is 5.97 Å². The Morgan fingerprint density at radius 2 is 2.17 bits per heavy atom. The molecule has 0 unspecified atom stereocenters.